The first-order chi connectivity index (χ1) is 19.8. The smallest absolute Gasteiger partial charge is 0.251 e. The number of nitrogens with two attached hydrogens (primary N) is 1. The second kappa shape index (κ2) is 10.9. The number of carbonyl (C=O) groups is 3. The maximum absolute atomic E-state index is 15.1. The van der Waals surface area contributed by atoms with Crippen LogP contribution in [-0.2, 0) is 19.4 Å². The maximum Gasteiger partial charge on any atom is 0.251 e. The first kappa shape index (κ1) is 29.3. The fourth-order valence-corrected chi connectivity index (χ4v) is 7.77. The van der Waals surface area contributed by atoms with Gasteiger partial charge in [-0.2, -0.15) is 0 Å². The van der Waals surface area contributed by atoms with Crippen molar-refractivity contribution in [2.45, 2.75) is 40.9 Å². The fraction of sp³-hybridized carbons (Fsp3) is 0.286. The summed E-state index contributed by atoms with van der Waals surface area (Å²) < 4.78 is 54.6. The van der Waals surface area contributed by atoms with E-state index in [0.29, 0.717) is 21.6 Å². The average molecular weight is 616 g/mol. The molecule has 2 aliphatic rings. The predicted molar refractivity (Wildman–Crippen MR) is 151 cm³/mol. The lowest BCUT2D eigenvalue weighted by Crippen LogP contribution is -2.49. The van der Waals surface area contributed by atoms with Crippen molar-refractivity contribution in [2.75, 3.05) is 19.8 Å². The summed E-state index contributed by atoms with van der Waals surface area (Å²) in [5.74, 6) is -2.39. The molecule has 3 amide bonds. The zero-order valence-electron chi connectivity index (χ0n) is 22.3. The number of sulfone groups is 1. The van der Waals surface area contributed by atoms with E-state index in [9.17, 15) is 27.2 Å². The average Bonchev–Trinajstić information content (AvgIpc) is 3.66. The number of benzene rings is 2. The highest BCUT2D eigenvalue weighted by Crippen LogP contribution is 2.43. The number of alkyl halides is 2. The van der Waals surface area contributed by atoms with Crippen LogP contribution in [0.25, 0.3) is 11.1 Å². The molecule has 1 fully saturated rings. The molecule has 5 N–H and O–H groups in total. The first-order valence-electron chi connectivity index (χ1n) is 12.9. The fourth-order valence-electron chi connectivity index (χ4n) is 5.14. The van der Waals surface area contributed by atoms with Crippen molar-refractivity contribution in [2.24, 2.45) is 5.73 Å². The predicted octanol–water partition coefficient (Wildman–Crippen LogP) is 2.73. The van der Waals surface area contributed by atoms with Crippen molar-refractivity contribution in [3.8, 4) is 11.1 Å². The van der Waals surface area contributed by atoms with Crippen LogP contribution in [0, 0.1) is 5.41 Å². The van der Waals surface area contributed by atoms with Crippen LogP contribution in [0.2, 0.25) is 0 Å². The highest BCUT2D eigenvalue weighted by molar-refractivity contribution is 7.92. The Labute approximate surface area is 244 Å². The normalized spacial score (nSPS) is 20.8. The maximum atomic E-state index is 15.1. The molecule has 0 saturated carbocycles. The first-order valence-corrected chi connectivity index (χ1v) is 15.3. The van der Waals surface area contributed by atoms with Crippen molar-refractivity contribution < 1.29 is 31.6 Å². The molecule has 1 aromatic heterocycles. The van der Waals surface area contributed by atoms with Gasteiger partial charge in [0.15, 0.2) is 5.67 Å². The summed E-state index contributed by atoms with van der Waals surface area (Å²) in [4.78, 5) is 40.8. The lowest BCUT2D eigenvalue weighted by Gasteiger charge is -2.25. The van der Waals surface area contributed by atoms with E-state index in [2.05, 4.69) is 10.6 Å². The number of amides is 3. The Morgan fingerprint density at radius 2 is 1.86 bits per heavy atom. The van der Waals surface area contributed by atoms with Gasteiger partial charge in [-0.3, -0.25) is 19.8 Å². The third-order valence-corrected chi connectivity index (χ3v) is 10.3. The number of likely N-dealkylation sites (tertiary alicyclic amines) is 1. The van der Waals surface area contributed by atoms with Gasteiger partial charge in [0.1, 0.15) is 18.6 Å². The number of rotatable bonds is 8. The molecule has 42 heavy (non-hydrogen) atoms. The summed E-state index contributed by atoms with van der Waals surface area (Å²) in [5, 5.41) is 14.3. The molecule has 10 nitrogen and oxygen atoms in total. The van der Waals surface area contributed by atoms with Crippen LogP contribution >= 0.6 is 11.3 Å². The van der Waals surface area contributed by atoms with E-state index in [1.165, 1.54) is 35.6 Å². The molecule has 2 aliphatic heterocycles. The molecule has 5 rings (SSSR count). The summed E-state index contributed by atoms with van der Waals surface area (Å²) >= 11 is 1.26. The zero-order chi connectivity index (χ0) is 30.4. The number of amidine groups is 1. The van der Waals surface area contributed by atoms with Gasteiger partial charge in [0.05, 0.1) is 28.9 Å². The number of hydrogen-bond donors (Lipinski definition) is 4. The van der Waals surface area contributed by atoms with E-state index in [0.717, 1.165) is 4.90 Å². The quantitative estimate of drug-likeness (QED) is 0.176. The standard InChI is InChI=1S/C28H27F2N5O5S2/c1-15(21-8-17(12-41-21)25(31)32)34-27(38)20-10-28(30,13-29)14-35(20)24(36)11-33-26(37)16-6-7-19-18-4-2-3-5-22(18)42(39,40)23(19)9-16/h2-9,12,15,20H,10-11,13-14H2,1H3,(H3,31,32)(H,33,37)(H,34,38)/t15?,20-,28-/m0/s1. The Hall–Kier alpha value is -4.17. The van der Waals surface area contributed by atoms with Crippen LogP contribution in [0.4, 0.5) is 8.78 Å². The summed E-state index contributed by atoms with van der Waals surface area (Å²) in [6.45, 7) is -1.03. The van der Waals surface area contributed by atoms with Crippen LogP contribution in [0.1, 0.15) is 40.2 Å². The number of hydrogen-bond acceptors (Lipinski definition) is 7. The van der Waals surface area contributed by atoms with E-state index in [1.807, 2.05) is 0 Å². The Morgan fingerprint density at radius 1 is 1.14 bits per heavy atom. The largest absolute Gasteiger partial charge is 0.384 e. The molecular formula is C28H27F2N5O5S2. The van der Waals surface area contributed by atoms with Gasteiger partial charge in [-0.1, -0.05) is 24.3 Å². The van der Waals surface area contributed by atoms with Crippen molar-refractivity contribution in [3.05, 3.63) is 69.9 Å². The Balaban J connectivity index is 1.27. The number of halogens is 2. The Bertz CT molecular complexity index is 1730. The minimum absolute atomic E-state index is 0.00746. The number of carbonyl (C=O) groups excluding carboxylic acids is 3. The van der Waals surface area contributed by atoms with Gasteiger partial charge in [-0.05, 0) is 31.2 Å². The third kappa shape index (κ3) is 5.27. The van der Waals surface area contributed by atoms with E-state index in [-0.39, 0.29) is 21.2 Å². The van der Waals surface area contributed by atoms with Gasteiger partial charge in [0, 0.05) is 38.9 Å². The van der Waals surface area contributed by atoms with Crippen molar-refractivity contribution >= 4 is 44.7 Å². The second-order valence-electron chi connectivity index (χ2n) is 10.3. The van der Waals surface area contributed by atoms with E-state index >= 15 is 4.39 Å². The SMILES string of the molecule is CC(NC(=O)[C@@H]1C[C@](F)(CF)CN1C(=O)CNC(=O)c1ccc2c(c1)S(=O)(=O)c1ccccc1-2)c1cc(C(=N)N)cs1. The number of nitrogen functional groups attached to an aromatic ring is 1. The molecule has 220 valence electrons. The van der Waals surface area contributed by atoms with E-state index in [1.54, 1.807) is 36.6 Å². The summed E-state index contributed by atoms with van der Waals surface area (Å²) in [5.41, 5.74) is 4.53. The topological polar surface area (TPSA) is 163 Å². The van der Waals surface area contributed by atoms with Crippen molar-refractivity contribution in [1.82, 2.24) is 15.5 Å². The van der Waals surface area contributed by atoms with Crippen LogP contribution in [0.15, 0.2) is 63.7 Å². The number of nitrogens with zero attached hydrogens (tertiary/aromatic N) is 1. The molecule has 3 atom stereocenters. The second-order valence-corrected chi connectivity index (χ2v) is 13.1. The zero-order valence-corrected chi connectivity index (χ0v) is 24.0. The molecule has 3 aromatic rings. The number of thiophene rings is 1. The van der Waals surface area contributed by atoms with Crippen LogP contribution < -0.4 is 16.4 Å². The summed E-state index contributed by atoms with van der Waals surface area (Å²) in [6, 6.07) is 10.4. The van der Waals surface area contributed by atoms with Gasteiger partial charge < -0.3 is 21.3 Å². The van der Waals surface area contributed by atoms with Crippen LogP contribution in [0.3, 0.4) is 0 Å². The molecule has 0 radical (unpaired) electrons. The molecule has 1 unspecified atom stereocenters. The monoisotopic (exact) mass is 615 g/mol. The van der Waals surface area contributed by atoms with Gasteiger partial charge in [0.25, 0.3) is 5.91 Å². The molecule has 2 aromatic carbocycles. The molecule has 1 saturated heterocycles. The minimum atomic E-state index is -3.82. The van der Waals surface area contributed by atoms with E-state index in [4.69, 9.17) is 11.1 Å². The molecule has 0 aliphatic carbocycles. The molecular weight excluding hydrogens is 588 g/mol. The lowest BCUT2D eigenvalue weighted by molar-refractivity contribution is -0.138. The van der Waals surface area contributed by atoms with Gasteiger partial charge in [-0.15, -0.1) is 11.3 Å². The molecule has 3 heterocycles. The van der Waals surface area contributed by atoms with Gasteiger partial charge in [-0.25, -0.2) is 17.2 Å². The third-order valence-electron chi connectivity index (χ3n) is 7.37. The van der Waals surface area contributed by atoms with Crippen molar-refractivity contribution in [1.29, 1.82) is 5.41 Å². The van der Waals surface area contributed by atoms with Gasteiger partial charge in [0.2, 0.25) is 21.7 Å². The Kier molecular flexibility index (Phi) is 7.62. The number of fused-ring (bicyclic) bond motifs is 3. The summed E-state index contributed by atoms with van der Waals surface area (Å²) in [6.07, 6.45) is -0.561. The van der Waals surface area contributed by atoms with Crippen molar-refractivity contribution in [3.63, 3.8) is 0 Å². The van der Waals surface area contributed by atoms with Gasteiger partial charge >= 0.3 is 0 Å². The number of nitrogens with one attached hydrogen (secondary N) is 3. The molecule has 0 spiro atoms. The highest BCUT2D eigenvalue weighted by atomic mass is 32.2. The highest BCUT2D eigenvalue weighted by Gasteiger charge is 2.49. The molecule has 0 bridgehead atoms. The lowest BCUT2D eigenvalue weighted by atomic mass is 10.0. The van der Waals surface area contributed by atoms with Crippen LogP contribution in [-0.4, -0.2) is 68.3 Å². The Morgan fingerprint density at radius 3 is 2.55 bits per heavy atom. The van der Waals surface area contributed by atoms with E-state index < -0.39 is 71.5 Å². The molecule has 14 heteroatoms. The minimum Gasteiger partial charge on any atom is -0.384 e. The van der Waals surface area contributed by atoms with Crippen LogP contribution in [0.5, 0.6) is 0 Å². The summed E-state index contributed by atoms with van der Waals surface area (Å²) in [7, 11) is -3.82.